The summed E-state index contributed by atoms with van der Waals surface area (Å²) < 4.78 is 17.1. The lowest BCUT2D eigenvalue weighted by atomic mass is 10.1. The molecule has 4 heterocycles. The number of amides is 1. The van der Waals surface area contributed by atoms with Crippen LogP contribution in [0.5, 0.6) is 11.5 Å². The Labute approximate surface area is 183 Å². The van der Waals surface area contributed by atoms with Crippen molar-refractivity contribution in [3.8, 4) is 21.9 Å². The van der Waals surface area contributed by atoms with E-state index in [1.165, 1.54) is 16.2 Å². The van der Waals surface area contributed by atoms with E-state index in [-0.39, 0.29) is 12.0 Å². The van der Waals surface area contributed by atoms with Crippen molar-refractivity contribution in [2.45, 2.75) is 25.5 Å². The van der Waals surface area contributed by atoms with Crippen LogP contribution in [0.15, 0.2) is 47.8 Å². The van der Waals surface area contributed by atoms with Crippen LogP contribution < -0.4 is 9.47 Å². The summed E-state index contributed by atoms with van der Waals surface area (Å²) in [6.45, 7) is 3.18. The highest BCUT2D eigenvalue weighted by molar-refractivity contribution is 7.17. The summed E-state index contributed by atoms with van der Waals surface area (Å²) in [7, 11) is 0. The molecule has 2 aliphatic rings. The molecule has 0 N–H and O–H groups in total. The van der Waals surface area contributed by atoms with Crippen LogP contribution in [-0.4, -0.2) is 43.3 Å². The zero-order valence-electron chi connectivity index (χ0n) is 16.5. The van der Waals surface area contributed by atoms with Crippen molar-refractivity contribution < 1.29 is 19.0 Å². The van der Waals surface area contributed by atoms with Crippen molar-refractivity contribution in [3.63, 3.8) is 0 Å². The molecule has 1 unspecified atom stereocenters. The molecule has 2 aliphatic heterocycles. The molecule has 0 bridgehead atoms. The SMILES string of the molecule is O=C(c1ccc(-c2ccc3c(c2)OCCO3)s1)N(Cc1cccs1)CC1CCCO1. The lowest BCUT2D eigenvalue weighted by molar-refractivity contribution is 0.0513. The molecule has 1 fully saturated rings. The molecule has 2 aromatic heterocycles. The second-order valence-electron chi connectivity index (χ2n) is 7.42. The second kappa shape index (κ2) is 8.79. The number of fused-ring (bicyclic) bond motifs is 1. The molecule has 5 rings (SSSR count). The number of carbonyl (C=O) groups is 1. The van der Waals surface area contributed by atoms with Gasteiger partial charge in [0, 0.05) is 22.9 Å². The Morgan fingerprint density at radius 1 is 1.07 bits per heavy atom. The fourth-order valence-electron chi connectivity index (χ4n) is 3.80. The molecule has 1 atom stereocenters. The molecule has 1 amide bonds. The first-order valence-corrected chi connectivity index (χ1v) is 11.9. The Bertz CT molecular complexity index is 1010. The maximum atomic E-state index is 13.4. The number of benzene rings is 1. The predicted octanol–water partition coefficient (Wildman–Crippen LogP) is 5.07. The van der Waals surface area contributed by atoms with Gasteiger partial charge in [-0.2, -0.15) is 0 Å². The molecular formula is C23H23NO4S2. The van der Waals surface area contributed by atoms with Gasteiger partial charge in [-0.05, 0) is 60.2 Å². The van der Waals surface area contributed by atoms with Gasteiger partial charge < -0.3 is 19.1 Å². The molecule has 5 nitrogen and oxygen atoms in total. The summed E-state index contributed by atoms with van der Waals surface area (Å²) in [6.07, 6.45) is 2.21. The van der Waals surface area contributed by atoms with Crippen molar-refractivity contribution in [2.24, 2.45) is 0 Å². The van der Waals surface area contributed by atoms with Gasteiger partial charge in [-0.15, -0.1) is 22.7 Å². The van der Waals surface area contributed by atoms with Crippen LogP contribution in [0.1, 0.15) is 27.4 Å². The van der Waals surface area contributed by atoms with Crippen LogP contribution in [0.4, 0.5) is 0 Å². The van der Waals surface area contributed by atoms with Crippen LogP contribution in [0.2, 0.25) is 0 Å². The first kappa shape index (κ1) is 19.6. The molecule has 0 saturated carbocycles. The number of carbonyl (C=O) groups excluding carboxylic acids is 1. The lowest BCUT2D eigenvalue weighted by Crippen LogP contribution is -2.36. The van der Waals surface area contributed by atoms with Crippen molar-refractivity contribution in [3.05, 3.63) is 57.6 Å². The molecule has 30 heavy (non-hydrogen) atoms. The molecular weight excluding hydrogens is 418 g/mol. The highest BCUT2D eigenvalue weighted by Crippen LogP contribution is 2.37. The van der Waals surface area contributed by atoms with Gasteiger partial charge in [-0.3, -0.25) is 4.79 Å². The van der Waals surface area contributed by atoms with Crippen LogP contribution in [-0.2, 0) is 11.3 Å². The van der Waals surface area contributed by atoms with E-state index in [4.69, 9.17) is 14.2 Å². The minimum absolute atomic E-state index is 0.0627. The number of rotatable bonds is 6. The topological polar surface area (TPSA) is 48.0 Å². The van der Waals surface area contributed by atoms with E-state index in [2.05, 4.69) is 11.4 Å². The molecule has 1 aromatic carbocycles. The fraction of sp³-hybridized carbons (Fsp3) is 0.348. The number of thiophene rings is 2. The standard InChI is InChI=1S/C23H23NO4S2/c25-23(24(14-17-3-1-9-26-17)15-18-4-2-12-29-18)22-8-7-21(30-22)16-5-6-19-20(13-16)28-11-10-27-19/h2,4-8,12-13,17H,1,3,9-11,14-15H2. The molecule has 0 spiro atoms. The van der Waals surface area contributed by atoms with E-state index >= 15 is 0 Å². The highest BCUT2D eigenvalue weighted by atomic mass is 32.1. The second-order valence-corrected chi connectivity index (χ2v) is 9.54. The summed E-state index contributed by atoms with van der Waals surface area (Å²) in [4.78, 5) is 18.3. The van der Waals surface area contributed by atoms with Gasteiger partial charge in [0.25, 0.3) is 5.91 Å². The average Bonchev–Trinajstić information content (AvgIpc) is 3.55. The zero-order valence-corrected chi connectivity index (χ0v) is 18.2. The maximum Gasteiger partial charge on any atom is 0.264 e. The van der Waals surface area contributed by atoms with Crippen LogP contribution >= 0.6 is 22.7 Å². The van der Waals surface area contributed by atoms with Crippen LogP contribution in [0, 0.1) is 0 Å². The highest BCUT2D eigenvalue weighted by Gasteiger charge is 2.25. The number of ether oxygens (including phenoxy) is 3. The van der Waals surface area contributed by atoms with Crippen molar-refractivity contribution in [1.82, 2.24) is 4.90 Å². The van der Waals surface area contributed by atoms with Gasteiger partial charge >= 0.3 is 0 Å². The number of nitrogens with zero attached hydrogens (tertiary/aromatic N) is 1. The summed E-state index contributed by atoms with van der Waals surface area (Å²) in [6, 6.07) is 14.0. The van der Waals surface area contributed by atoms with Gasteiger partial charge in [-0.25, -0.2) is 0 Å². The third kappa shape index (κ3) is 4.24. The Balaban J connectivity index is 1.36. The predicted molar refractivity (Wildman–Crippen MR) is 119 cm³/mol. The summed E-state index contributed by atoms with van der Waals surface area (Å²) in [5, 5.41) is 2.05. The van der Waals surface area contributed by atoms with E-state index in [1.807, 2.05) is 41.3 Å². The lowest BCUT2D eigenvalue weighted by Gasteiger charge is -2.24. The third-order valence-electron chi connectivity index (χ3n) is 5.31. The summed E-state index contributed by atoms with van der Waals surface area (Å²) in [5.74, 6) is 1.60. The Morgan fingerprint density at radius 2 is 1.97 bits per heavy atom. The van der Waals surface area contributed by atoms with Crippen molar-refractivity contribution >= 4 is 28.6 Å². The normalized spacial score (nSPS) is 17.8. The molecule has 0 aliphatic carbocycles. The van der Waals surface area contributed by atoms with E-state index in [0.29, 0.717) is 26.3 Å². The van der Waals surface area contributed by atoms with Gasteiger partial charge in [0.1, 0.15) is 13.2 Å². The molecule has 156 valence electrons. The Hall–Kier alpha value is -2.35. The molecule has 1 saturated heterocycles. The quantitative estimate of drug-likeness (QED) is 0.536. The Kier molecular flexibility index (Phi) is 5.75. The summed E-state index contributed by atoms with van der Waals surface area (Å²) in [5.41, 5.74) is 1.03. The average molecular weight is 442 g/mol. The molecule has 0 radical (unpaired) electrons. The smallest absolute Gasteiger partial charge is 0.264 e. The van der Waals surface area contributed by atoms with E-state index in [9.17, 15) is 4.79 Å². The fourth-order valence-corrected chi connectivity index (χ4v) is 5.49. The minimum atomic E-state index is 0.0627. The maximum absolute atomic E-state index is 13.4. The minimum Gasteiger partial charge on any atom is -0.486 e. The number of hydrogen-bond acceptors (Lipinski definition) is 6. The van der Waals surface area contributed by atoms with E-state index in [0.717, 1.165) is 46.3 Å². The largest absolute Gasteiger partial charge is 0.486 e. The van der Waals surface area contributed by atoms with Gasteiger partial charge in [0.05, 0.1) is 17.5 Å². The van der Waals surface area contributed by atoms with Crippen molar-refractivity contribution in [2.75, 3.05) is 26.4 Å². The molecule has 7 heteroatoms. The van der Waals surface area contributed by atoms with Crippen molar-refractivity contribution in [1.29, 1.82) is 0 Å². The first-order valence-electron chi connectivity index (χ1n) is 10.2. The summed E-state index contributed by atoms with van der Waals surface area (Å²) >= 11 is 3.20. The monoisotopic (exact) mass is 441 g/mol. The van der Waals surface area contributed by atoms with Gasteiger partial charge in [-0.1, -0.05) is 6.07 Å². The van der Waals surface area contributed by atoms with Crippen LogP contribution in [0.25, 0.3) is 10.4 Å². The van der Waals surface area contributed by atoms with E-state index < -0.39 is 0 Å². The molecule has 3 aromatic rings. The number of hydrogen-bond donors (Lipinski definition) is 0. The van der Waals surface area contributed by atoms with Crippen LogP contribution in [0.3, 0.4) is 0 Å². The van der Waals surface area contributed by atoms with E-state index in [1.54, 1.807) is 11.3 Å². The Morgan fingerprint density at radius 3 is 2.77 bits per heavy atom. The van der Waals surface area contributed by atoms with Gasteiger partial charge in [0.15, 0.2) is 11.5 Å². The zero-order chi connectivity index (χ0) is 20.3. The third-order valence-corrected chi connectivity index (χ3v) is 7.29. The van der Waals surface area contributed by atoms with Gasteiger partial charge in [0.2, 0.25) is 0 Å². The first-order chi connectivity index (χ1) is 14.8.